The number of amides is 1. The number of carbonyl (C=O) groups excluding carboxylic acids is 1. The lowest BCUT2D eigenvalue weighted by atomic mass is 10.2. The van der Waals surface area contributed by atoms with Gasteiger partial charge in [-0.1, -0.05) is 0 Å². The standard InChI is InChI=1S/C11H11F3N2O3S/c12-8-1-6(2-9(13)11(8)14)4-16-5-7(3-10(16)17)20(15,18)19/h1-2,7H,3-5H2,(H2,15,18,19). The average Bonchev–Trinajstić information content (AvgIpc) is 2.68. The van der Waals surface area contributed by atoms with Crippen molar-refractivity contribution < 1.29 is 26.4 Å². The highest BCUT2D eigenvalue weighted by molar-refractivity contribution is 7.89. The Morgan fingerprint density at radius 3 is 2.25 bits per heavy atom. The summed E-state index contributed by atoms with van der Waals surface area (Å²) in [5, 5.41) is 3.91. The third-order valence-electron chi connectivity index (χ3n) is 3.06. The van der Waals surface area contributed by atoms with Gasteiger partial charge in [0.25, 0.3) is 0 Å². The maximum Gasteiger partial charge on any atom is 0.224 e. The van der Waals surface area contributed by atoms with Gasteiger partial charge in [0.05, 0.1) is 0 Å². The van der Waals surface area contributed by atoms with Crippen molar-refractivity contribution in [2.45, 2.75) is 18.2 Å². The van der Waals surface area contributed by atoms with Crippen molar-refractivity contribution in [3.05, 3.63) is 35.1 Å². The summed E-state index contributed by atoms with van der Waals surface area (Å²) in [5.41, 5.74) is 0.0322. The molecule has 1 fully saturated rings. The van der Waals surface area contributed by atoms with Gasteiger partial charge in [0.15, 0.2) is 17.5 Å². The fourth-order valence-corrected chi connectivity index (χ4v) is 2.79. The number of benzene rings is 1. The average molecular weight is 308 g/mol. The van der Waals surface area contributed by atoms with Crippen molar-refractivity contribution in [2.75, 3.05) is 6.54 Å². The second kappa shape index (κ2) is 5.06. The SMILES string of the molecule is NS(=O)(=O)C1CC(=O)N(Cc2cc(F)c(F)c(F)c2)C1. The molecule has 0 aromatic heterocycles. The summed E-state index contributed by atoms with van der Waals surface area (Å²) in [6.07, 6.45) is -0.273. The van der Waals surface area contributed by atoms with E-state index in [2.05, 4.69) is 0 Å². The number of nitrogens with zero attached hydrogens (tertiary/aromatic N) is 1. The van der Waals surface area contributed by atoms with E-state index in [0.29, 0.717) is 0 Å². The van der Waals surface area contributed by atoms with Crippen LogP contribution >= 0.6 is 0 Å². The molecule has 1 unspecified atom stereocenters. The minimum absolute atomic E-state index is 0.0322. The predicted molar refractivity (Wildman–Crippen MR) is 63.2 cm³/mol. The molecule has 0 saturated carbocycles. The zero-order chi connectivity index (χ0) is 15.1. The molecule has 1 amide bonds. The molecule has 110 valence electrons. The number of primary sulfonamides is 1. The maximum absolute atomic E-state index is 13.0. The van der Waals surface area contributed by atoms with Gasteiger partial charge >= 0.3 is 0 Å². The third-order valence-corrected chi connectivity index (χ3v) is 4.31. The first-order chi connectivity index (χ1) is 9.18. The van der Waals surface area contributed by atoms with Gasteiger partial charge < -0.3 is 4.90 Å². The van der Waals surface area contributed by atoms with Crippen molar-refractivity contribution >= 4 is 15.9 Å². The lowest BCUT2D eigenvalue weighted by molar-refractivity contribution is -0.128. The van der Waals surface area contributed by atoms with Gasteiger partial charge in [-0.2, -0.15) is 0 Å². The summed E-state index contributed by atoms with van der Waals surface area (Å²) < 4.78 is 61.2. The Bertz CT molecular complexity index is 640. The van der Waals surface area contributed by atoms with Crippen LogP contribution in [0.25, 0.3) is 0 Å². The van der Waals surface area contributed by atoms with Crippen LogP contribution in [0.5, 0.6) is 0 Å². The summed E-state index contributed by atoms with van der Waals surface area (Å²) in [6.45, 7) is -0.364. The summed E-state index contributed by atoms with van der Waals surface area (Å²) in [6, 6.07) is 1.52. The molecule has 0 spiro atoms. The summed E-state index contributed by atoms with van der Waals surface area (Å²) in [4.78, 5) is 12.7. The molecule has 0 radical (unpaired) electrons. The van der Waals surface area contributed by atoms with Crippen LogP contribution < -0.4 is 5.14 Å². The van der Waals surface area contributed by atoms with Crippen molar-refractivity contribution in [3.8, 4) is 0 Å². The van der Waals surface area contributed by atoms with Gasteiger partial charge in [0.2, 0.25) is 15.9 Å². The van der Waals surface area contributed by atoms with E-state index in [1.807, 2.05) is 0 Å². The topological polar surface area (TPSA) is 80.5 Å². The predicted octanol–water partition coefficient (Wildman–Crippen LogP) is 0.493. The van der Waals surface area contributed by atoms with Crippen molar-refractivity contribution in [3.63, 3.8) is 0 Å². The third kappa shape index (κ3) is 2.93. The molecular weight excluding hydrogens is 297 g/mol. The van der Waals surface area contributed by atoms with E-state index in [0.717, 1.165) is 17.0 Å². The molecule has 0 aliphatic carbocycles. The summed E-state index contributed by atoms with van der Waals surface area (Å²) >= 11 is 0. The first kappa shape index (κ1) is 14.8. The van der Waals surface area contributed by atoms with Gasteiger partial charge in [-0.3, -0.25) is 4.79 Å². The van der Waals surface area contributed by atoms with E-state index in [-0.39, 0.29) is 25.1 Å². The molecule has 1 saturated heterocycles. The molecule has 1 aliphatic heterocycles. The Hall–Kier alpha value is -1.61. The first-order valence-corrected chi connectivity index (χ1v) is 7.22. The van der Waals surface area contributed by atoms with E-state index in [9.17, 15) is 26.4 Å². The fraction of sp³-hybridized carbons (Fsp3) is 0.364. The van der Waals surface area contributed by atoms with Gasteiger partial charge in [-0.25, -0.2) is 26.7 Å². The normalized spacial score (nSPS) is 19.7. The smallest absolute Gasteiger partial charge is 0.224 e. The molecule has 20 heavy (non-hydrogen) atoms. The lowest BCUT2D eigenvalue weighted by Crippen LogP contribution is -2.32. The van der Waals surface area contributed by atoms with Gasteiger partial charge in [0.1, 0.15) is 5.25 Å². The molecule has 1 aromatic carbocycles. The van der Waals surface area contributed by atoms with E-state index >= 15 is 0 Å². The maximum atomic E-state index is 13.0. The lowest BCUT2D eigenvalue weighted by Gasteiger charge is -2.16. The van der Waals surface area contributed by atoms with Crippen molar-refractivity contribution in [1.29, 1.82) is 0 Å². The molecule has 1 aliphatic rings. The Morgan fingerprint density at radius 2 is 1.80 bits per heavy atom. The Labute approximate surface area is 113 Å². The van der Waals surface area contributed by atoms with Crippen LogP contribution in [0, 0.1) is 17.5 Å². The Morgan fingerprint density at radius 1 is 1.25 bits per heavy atom. The zero-order valence-electron chi connectivity index (χ0n) is 10.1. The molecule has 1 heterocycles. The van der Waals surface area contributed by atoms with Crippen LogP contribution in [0.1, 0.15) is 12.0 Å². The molecule has 2 rings (SSSR count). The molecule has 0 bridgehead atoms. The quantitative estimate of drug-likeness (QED) is 0.825. The number of carbonyl (C=O) groups is 1. The monoisotopic (exact) mass is 308 g/mol. The number of likely N-dealkylation sites (tertiary alicyclic amines) is 1. The van der Waals surface area contributed by atoms with Crippen LogP contribution in [0.15, 0.2) is 12.1 Å². The first-order valence-electron chi connectivity index (χ1n) is 5.61. The van der Waals surface area contributed by atoms with Crippen molar-refractivity contribution in [2.24, 2.45) is 5.14 Å². The van der Waals surface area contributed by atoms with Gasteiger partial charge in [-0.05, 0) is 17.7 Å². The van der Waals surface area contributed by atoms with E-state index in [1.165, 1.54) is 0 Å². The highest BCUT2D eigenvalue weighted by atomic mass is 32.2. The minimum Gasteiger partial charge on any atom is -0.337 e. The number of sulfonamides is 1. The number of nitrogens with two attached hydrogens (primary N) is 1. The fourth-order valence-electron chi connectivity index (χ4n) is 2.03. The molecule has 1 atom stereocenters. The van der Waals surface area contributed by atoms with Crippen molar-refractivity contribution in [1.82, 2.24) is 4.90 Å². The second-order valence-corrected chi connectivity index (χ2v) is 6.41. The second-order valence-electron chi connectivity index (χ2n) is 4.56. The largest absolute Gasteiger partial charge is 0.337 e. The highest BCUT2D eigenvalue weighted by Crippen LogP contribution is 2.21. The number of hydrogen-bond acceptors (Lipinski definition) is 3. The van der Waals surface area contributed by atoms with Gasteiger partial charge in [0, 0.05) is 19.5 Å². The van der Waals surface area contributed by atoms with E-state index in [1.54, 1.807) is 0 Å². The van der Waals surface area contributed by atoms with Gasteiger partial charge in [-0.15, -0.1) is 0 Å². The number of halogens is 3. The summed E-state index contributed by atoms with van der Waals surface area (Å²) in [7, 11) is -3.85. The van der Waals surface area contributed by atoms with E-state index < -0.39 is 38.6 Å². The zero-order valence-corrected chi connectivity index (χ0v) is 11.0. The highest BCUT2D eigenvalue weighted by Gasteiger charge is 2.36. The molecule has 1 aromatic rings. The van der Waals surface area contributed by atoms with Crippen LogP contribution in [-0.2, 0) is 21.4 Å². The number of rotatable bonds is 3. The molecule has 5 nitrogen and oxygen atoms in total. The molecule has 2 N–H and O–H groups in total. The molecular formula is C11H11F3N2O3S. The van der Waals surface area contributed by atoms with Crippen LogP contribution in [-0.4, -0.2) is 31.0 Å². The Kier molecular flexibility index (Phi) is 3.74. The van der Waals surface area contributed by atoms with Crippen LogP contribution in [0.3, 0.4) is 0 Å². The van der Waals surface area contributed by atoms with Crippen LogP contribution in [0.2, 0.25) is 0 Å². The van der Waals surface area contributed by atoms with Crippen LogP contribution in [0.4, 0.5) is 13.2 Å². The van der Waals surface area contributed by atoms with E-state index in [4.69, 9.17) is 5.14 Å². The number of hydrogen-bond donors (Lipinski definition) is 1. The molecule has 9 heteroatoms. The Balaban J connectivity index is 2.17. The summed E-state index contributed by atoms with van der Waals surface area (Å²) in [5.74, 6) is -4.82. The minimum atomic E-state index is -3.85.